The van der Waals surface area contributed by atoms with Gasteiger partial charge in [0.25, 0.3) is 0 Å². The van der Waals surface area contributed by atoms with Crippen LogP contribution in [0.1, 0.15) is 54.7 Å². The Morgan fingerprint density at radius 1 is 0.857 bits per heavy atom. The van der Waals surface area contributed by atoms with Crippen LogP contribution in [0, 0.1) is 0 Å². The molecule has 2 rings (SSSR count). The van der Waals surface area contributed by atoms with Crippen LogP contribution in [-0.4, -0.2) is 16.0 Å². The highest BCUT2D eigenvalue weighted by molar-refractivity contribution is 6.06. The van der Waals surface area contributed by atoms with E-state index < -0.39 is 0 Å². The number of allylic oxidation sites excluding steroid dienone is 5. The first-order valence-corrected chi connectivity index (χ1v) is 9.39. The molecule has 0 saturated heterocycles. The smallest absolute Gasteiger partial charge is 0.185 e. The third-order valence-electron chi connectivity index (χ3n) is 4.33. The van der Waals surface area contributed by atoms with Crippen molar-refractivity contribution in [3.8, 4) is 11.5 Å². The molecule has 0 atom stereocenters. The van der Waals surface area contributed by atoms with Crippen molar-refractivity contribution in [1.82, 2.24) is 0 Å². The average Bonchev–Trinajstić information content (AvgIpc) is 2.65. The van der Waals surface area contributed by atoms with Gasteiger partial charge < -0.3 is 10.2 Å². The number of hydrogen-bond donors (Lipinski definition) is 2. The molecular formula is C25H28O3. The number of ketones is 1. The highest BCUT2D eigenvalue weighted by Crippen LogP contribution is 2.28. The molecule has 0 unspecified atom stereocenters. The Bertz CT molecular complexity index is 880. The summed E-state index contributed by atoms with van der Waals surface area (Å²) in [6.45, 7) is 8.12. The normalized spacial score (nSPS) is 10.7. The van der Waals surface area contributed by atoms with Crippen LogP contribution in [0.4, 0.5) is 0 Å². The van der Waals surface area contributed by atoms with Crippen molar-refractivity contribution < 1.29 is 15.0 Å². The predicted molar refractivity (Wildman–Crippen MR) is 116 cm³/mol. The molecule has 0 aliphatic rings. The van der Waals surface area contributed by atoms with Gasteiger partial charge in [-0.05, 0) is 99.7 Å². The summed E-state index contributed by atoms with van der Waals surface area (Å²) in [6, 6.07) is 10.0. The van der Waals surface area contributed by atoms with E-state index in [0.717, 1.165) is 16.7 Å². The maximum Gasteiger partial charge on any atom is 0.185 e. The summed E-state index contributed by atoms with van der Waals surface area (Å²) in [5.74, 6) is 0.314. The Morgan fingerprint density at radius 3 is 1.82 bits per heavy atom. The lowest BCUT2D eigenvalue weighted by Gasteiger charge is -2.10. The standard InChI is InChI=1S/C25H28O3/c1-17(2)5-8-21-15-19(16-22(25(21)28)9-6-18(3)4)7-14-24(27)20-10-12-23(26)13-11-20/h5-7,10-16,26,28H,8-9H2,1-4H3. The monoisotopic (exact) mass is 376 g/mol. The zero-order valence-corrected chi connectivity index (χ0v) is 17.0. The van der Waals surface area contributed by atoms with Crippen LogP contribution in [0.3, 0.4) is 0 Å². The van der Waals surface area contributed by atoms with Gasteiger partial charge in [-0.2, -0.15) is 0 Å². The van der Waals surface area contributed by atoms with E-state index in [4.69, 9.17) is 0 Å². The zero-order chi connectivity index (χ0) is 20.7. The largest absolute Gasteiger partial charge is 0.508 e. The molecular weight excluding hydrogens is 348 g/mol. The number of benzene rings is 2. The molecule has 3 heteroatoms. The van der Waals surface area contributed by atoms with Gasteiger partial charge in [-0.25, -0.2) is 0 Å². The van der Waals surface area contributed by atoms with Crippen molar-refractivity contribution in [2.45, 2.75) is 40.5 Å². The Labute approximate surface area is 167 Å². The second-order valence-corrected chi connectivity index (χ2v) is 7.40. The molecule has 3 nitrogen and oxygen atoms in total. The van der Waals surface area contributed by atoms with Gasteiger partial charge in [0.1, 0.15) is 11.5 Å². The van der Waals surface area contributed by atoms with Crippen molar-refractivity contribution in [1.29, 1.82) is 0 Å². The summed E-state index contributed by atoms with van der Waals surface area (Å²) in [5.41, 5.74) is 5.46. The SMILES string of the molecule is CC(C)=CCc1cc(C=CC(=O)c2ccc(O)cc2)cc(CC=C(C)C)c1O. The van der Waals surface area contributed by atoms with Crippen molar-refractivity contribution >= 4 is 11.9 Å². The zero-order valence-electron chi connectivity index (χ0n) is 17.0. The average molecular weight is 376 g/mol. The van der Waals surface area contributed by atoms with Crippen LogP contribution in [0.15, 0.2) is 65.8 Å². The number of phenolic OH excluding ortho intramolecular Hbond substituents is 2. The maximum atomic E-state index is 12.4. The molecule has 0 aromatic heterocycles. The van der Waals surface area contributed by atoms with Crippen molar-refractivity contribution in [2.75, 3.05) is 0 Å². The summed E-state index contributed by atoms with van der Waals surface area (Å²) in [5, 5.41) is 20.0. The quantitative estimate of drug-likeness (QED) is 0.353. The summed E-state index contributed by atoms with van der Waals surface area (Å²) in [4.78, 5) is 12.4. The van der Waals surface area contributed by atoms with Crippen molar-refractivity contribution in [2.24, 2.45) is 0 Å². The topological polar surface area (TPSA) is 57.5 Å². The lowest BCUT2D eigenvalue weighted by atomic mass is 9.97. The number of aromatic hydroxyl groups is 2. The molecule has 2 aromatic rings. The summed E-state index contributed by atoms with van der Waals surface area (Å²) in [6.07, 6.45) is 8.73. The van der Waals surface area contributed by atoms with Gasteiger partial charge in [-0.15, -0.1) is 0 Å². The van der Waals surface area contributed by atoms with Gasteiger partial charge >= 0.3 is 0 Å². The van der Waals surface area contributed by atoms with Gasteiger partial charge in [-0.3, -0.25) is 4.79 Å². The lowest BCUT2D eigenvalue weighted by Crippen LogP contribution is -1.95. The van der Waals surface area contributed by atoms with E-state index in [1.54, 1.807) is 18.2 Å². The fourth-order valence-electron chi connectivity index (χ4n) is 2.72. The fourth-order valence-corrected chi connectivity index (χ4v) is 2.72. The molecule has 0 aliphatic heterocycles. The first kappa shape index (κ1) is 21.2. The van der Waals surface area contributed by atoms with E-state index in [0.29, 0.717) is 24.2 Å². The number of phenols is 2. The predicted octanol–water partition coefficient (Wildman–Crippen LogP) is 6.01. The maximum absolute atomic E-state index is 12.4. The molecule has 0 saturated carbocycles. The van der Waals surface area contributed by atoms with E-state index in [2.05, 4.69) is 12.2 Å². The number of rotatable bonds is 7. The van der Waals surface area contributed by atoms with E-state index >= 15 is 0 Å². The minimum atomic E-state index is -0.134. The Hall–Kier alpha value is -3.07. The molecule has 0 fully saturated rings. The highest BCUT2D eigenvalue weighted by atomic mass is 16.3. The van der Waals surface area contributed by atoms with E-state index in [1.807, 2.05) is 39.8 Å². The Morgan fingerprint density at radius 2 is 1.36 bits per heavy atom. The third-order valence-corrected chi connectivity index (χ3v) is 4.33. The molecule has 0 amide bonds. The second-order valence-electron chi connectivity index (χ2n) is 7.40. The van der Waals surface area contributed by atoms with Crippen LogP contribution in [0.25, 0.3) is 6.08 Å². The molecule has 0 aliphatic carbocycles. The van der Waals surface area contributed by atoms with Crippen molar-refractivity contribution in [3.63, 3.8) is 0 Å². The van der Waals surface area contributed by atoms with Crippen LogP contribution < -0.4 is 0 Å². The van der Waals surface area contributed by atoms with Gasteiger partial charge in [0, 0.05) is 5.56 Å². The van der Waals surface area contributed by atoms with Crippen LogP contribution >= 0.6 is 0 Å². The van der Waals surface area contributed by atoms with Crippen LogP contribution in [0.5, 0.6) is 11.5 Å². The fraction of sp³-hybridized carbons (Fsp3) is 0.240. The molecule has 0 bridgehead atoms. The second kappa shape index (κ2) is 9.75. The van der Waals surface area contributed by atoms with Crippen LogP contribution in [-0.2, 0) is 12.8 Å². The van der Waals surface area contributed by atoms with Gasteiger partial charge in [0.2, 0.25) is 0 Å². The number of carbonyl (C=O) groups excluding carboxylic acids is 1. The number of carbonyl (C=O) groups is 1. The summed E-state index contributed by atoms with van der Waals surface area (Å²) >= 11 is 0. The number of hydrogen-bond acceptors (Lipinski definition) is 3. The molecule has 0 radical (unpaired) electrons. The van der Waals surface area contributed by atoms with Crippen LogP contribution in [0.2, 0.25) is 0 Å². The molecule has 2 N–H and O–H groups in total. The van der Waals surface area contributed by atoms with E-state index in [1.165, 1.54) is 29.4 Å². The molecule has 0 heterocycles. The van der Waals surface area contributed by atoms with Gasteiger partial charge in [-0.1, -0.05) is 29.4 Å². The molecule has 146 valence electrons. The van der Waals surface area contributed by atoms with Gasteiger partial charge in [0.15, 0.2) is 5.78 Å². The van der Waals surface area contributed by atoms with Crippen molar-refractivity contribution in [3.05, 3.63) is 88.0 Å². The third kappa shape index (κ3) is 6.27. The van der Waals surface area contributed by atoms with E-state index in [9.17, 15) is 15.0 Å². The molecule has 0 spiro atoms. The molecule has 28 heavy (non-hydrogen) atoms. The molecule has 2 aromatic carbocycles. The first-order chi connectivity index (χ1) is 13.3. The minimum Gasteiger partial charge on any atom is -0.508 e. The Kier molecular flexibility index (Phi) is 7.39. The van der Waals surface area contributed by atoms with Gasteiger partial charge in [0.05, 0.1) is 0 Å². The minimum absolute atomic E-state index is 0.131. The summed E-state index contributed by atoms with van der Waals surface area (Å²) in [7, 11) is 0. The Balaban J connectivity index is 2.35. The lowest BCUT2D eigenvalue weighted by molar-refractivity contribution is 0.104. The van der Waals surface area contributed by atoms with E-state index in [-0.39, 0.29) is 11.5 Å². The highest BCUT2D eigenvalue weighted by Gasteiger charge is 2.09. The first-order valence-electron chi connectivity index (χ1n) is 9.39. The summed E-state index contributed by atoms with van der Waals surface area (Å²) < 4.78 is 0.